The molecule has 1 saturated heterocycles. The highest BCUT2D eigenvalue weighted by Gasteiger charge is 2.26. The summed E-state index contributed by atoms with van der Waals surface area (Å²) >= 11 is 0. The molecule has 31 heavy (non-hydrogen) atoms. The van der Waals surface area contributed by atoms with Crippen LogP contribution in [0.5, 0.6) is 0 Å². The van der Waals surface area contributed by atoms with E-state index in [2.05, 4.69) is 46.7 Å². The average molecular weight is 561 g/mol. The van der Waals surface area contributed by atoms with Crippen LogP contribution >= 0.6 is 24.0 Å². The van der Waals surface area contributed by atoms with Gasteiger partial charge in [-0.3, -0.25) is 9.11 Å². The van der Waals surface area contributed by atoms with Crippen molar-refractivity contribution in [2.24, 2.45) is 4.99 Å². The summed E-state index contributed by atoms with van der Waals surface area (Å²) in [6.07, 6.45) is 8.41. The van der Waals surface area contributed by atoms with Gasteiger partial charge in [0.05, 0.1) is 6.54 Å². The fourth-order valence-corrected chi connectivity index (χ4v) is 5.91. The zero-order chi connectivity index (χ0) is 21.2. The van der Waals surface area contributed by atoms with Gasteiger partial charge in [0.2, 0.25) is 0 Å². The van der Waals surface area contributed by atoms with E-state index in [1.165, 1.54) is 43.5 Å². The Hall–Kier alpha value is -0.670. The van der Waals surface area contributed by atoms with Crippen LogP contribution in [0.1, 0.15) is 69.9 Å². The maximum Gasteiger partial charge on any atom is 0.191 e. The molecule has 0 bridgehead atoms. The minimum Gasteiger partial charge on any atom is -0.357 e. The van der Waals surface area contributed by atoms with Crippen LogP contribution in [0.3, 0.4) is 0 Å². The van der Waals surface area contributed by atoms with Crippen molar-refractivity contribution in [3.8, 4) is 0 Å². The quantitative estimate of drug-likeness (QED) is 0.281. The van der Waals surface area contributed by atoms with E-state index in [9.17, 15) is 4.21 Å². The molecule has 0 radical (unpaired) electrons. The summed E-state index contributed by atoms with van der Waals surface area (Å²) in [5, 5.41) is 7.31. The Morgan fingerprint density at radius 1 is 1.06 bits per heavy atom. The van der Waals surface area contributed by atoms with E-state index in [0.717, 1.165) is 50.5 Å². The molecule has 3 unspecified atom stereocenters. The summed E-state index contributed by atoms with van der Waals surface area (Å²) < 4.78 is 12.2. The fourth-order valence-electron chi connectivity index (χ4n) is 4.56. The van der Waals surface area contributed by atoms with Gasteiger partial charge in [0, 0.05) is 40.9 Å². The highest BCUT2D eigenvalue weighted by Crippen LogP contribution is 2.23. The van der Waals surface area contributed by atoms with Crippen molar-refractivity contribution in [3.05, 3.63) is 35.4 Å². The van der Waals surface area contributed by atoms with Gasteiger partial charge >= 0.3 is 0 Å². The molecule has 1 aromatic rings. The van der Waals surface area contributed by atoms with E-state index < -0.39 is 10.8 Å². The predicted molar refractivity (Wildman–Crippen MR) is 144 cm³/mol. The van der Waals surface area contributed by atoms with Gasteiger partial charge in [-0.2, -0.15) is 0 Å². The summed E-state index contributed by atoms with van der Waals surface area (Å²) in [5.74, 6) is 1.64. The van der Waals surface area contributed by atoms with E-state index in [0.29, 0.717) is 17.8 Å². The molecule has 1 aromatic carbocycles. The molecule has 1 saturated carbocycles. The molecule has 1 heterocycles. The first-order chi connectivity index (χ1) is 14.7. The SMILES string of the molecule is CCNC(=NCc1ccc(CN2CCCCC2)cc1)NC1CCCC(S(=O)CC)C1.I. The normalized spacial score (nSPS) is 23.6. The van der Waals surface area contributed by atoms with Crippen LogP contribution in [0.2, 0.25) is 0 Å². The van der Waals surface area contributed by atoms with Gasteiger partial charge in [-0.25, -0.2) is 4.99 Å². The van der Waals surface area contributed by atoms with Gasteiger partial charge in [0.25, 0.3) is 0 Å². The topological polar surface area (TPSA) is 56.7 Å². The number of hydrogen-bond acceptors (Lipinski definition) is 3. The van der Waals surface area contributed by atoms with Gasteiger partial charge < -0.3 is 10.6 Å². The highest BCUT2D eigenvalue weighted by molar-refractivity contribution is 14.0. The number of nitrogens with zero attached hydrogens (tertiary/aromatic N) is 2. The summed E-state index contributed by atoms with van der Waals surface area (Å²) in [6.45, 7) is 9.18. The molecule has 3 rings (SSSR count). The predicted octanol–water partition coefficient (Wildman–Crippen LogP) is 4.43. The Morgan fingerprint density at radius 2 is 1.77 bits per heavy atom. The van der Waals surface area contributed by atoms with Crippen molar-refractivity contribution in [1.29, 1.82) is 0 Å². The third-order valence-corrected chi connectivity index (χ3v) is 8.01. The first-order valence-electron chi connectivity index (χ1n) is 11.9. The molecule has 0 aromatic heterocycles. The van der Waals surface area contributed by atoms with Crippen LogP contribution < -0.4 is 10.6 Å². The Labute approximate surface area is 208 Å². The minimum absolute atomic E-state index is 0. The molecule has 2 aliphatic rings. The van der Waals surface area contributed by atoms with Crippen molar-refractivity contribution < 1.29 is 4.21 Å². The van der Waals surface area contributed by atoms with Gasteiger partial charge in [0.15, 0.2) is 5.96 Å². The highest BCUT2D eigenvalue weighted by atomic mass is 127. The van der Waals surface area contributed by atoms with Crippen molar-refractivity contribution in [2.75, 3.05) is 25.4 Å². The number of aliphatic imine (C=N–C) groups is 1. The molecular weight excluding hydrogens is 519 g/mol. The van der Waals surface area contributed by atoms with E-state index in [-0.39, 0.29) is 24.0 Å². The van der Waals surface area contributed by atoms with Crippen LogP contribution in [0.25, 0.3) is 0 Å². The number of halogens is 1. The second-order valence-electron chi connectivity index (χ2n) is 8.65. The van der Waals surface area contributed by atoms with Crippen molar-refractivity contribution >= 4 is 40.7 Å². The van der Waals surface area contributed by atoms with Crippen molar-refractivity contribution in [3.63, 3.8) is 0 Å². The lowest BCUT2D eigenvalue weighted by Gasteiger charge is -2.30. The van der Waals surface area contributed by atoms with Gasteiger partial charge in [0.1, 0.15) is 0 Å². The molecule has 2 N–H and O–H groups in total. The zero-order valence-corrected chi connectivity index (χ0v) is 22.4. The Morgan fingerprint density at radius 3 is 2.45 bits per heavy atom. The summed E-state index contributed by atoms with van der Waals surface area (Å²) in [6, 6.07) is 9.31. The van der Waals surface area contributed by atoms with Gasteiger partial charge in [-0.1, -0.05) is 44.0 Å². The molecule has 7 heteroatoms. The number of likely N-dealkylation sites (tertiary alicyclic amines) is 1. The number of guanidine groups is 1. The summed E-state index contributed by atoms with van der Waals surface area (Å²) in [7, 11) is -0.695. The first kappa shape index (κ1) is 26.6. The van der Waals surface area contributed by atoms with Crippen LogP contribution in [0.4, 0.5) is 0 Å². The zero-order valence-electron chi connectivity index (χ0n) is 19.3. The Bertz CT molecular complexity index is 691. The lowest BCUT2D eigenvalue weighted by atomic mass is 9.95. The van der Waals surface area contributed by atoms with Crippen molar-refractivity contribution in [1.82, 2.24) is 15.5 Å². The standard InChI is InChI=1S/C24H40N4OS.HI/c1-3-25-24(27-22-9-8-10-23(17-22)30(29)4-2)26-18-20-11-13-21(14-12-20)19-28-15-6-5-7-16-28;/h11-14,22-23H,3-10,15-19H2,1-2H3,(H2,25,26,27);1H. The lowest BCUT2D eigenvalue weighted by molar-refractivity contribution is 0.221. The first-order valence-corrected chi connectivity index (χ1v) is 13.3. The largest absolute Gasteiger partial charge is 0.357 e. The van der Waals surface area contributed by atoms with E-state index >= 15 is 0 Å². The molecule has 0 spiro atoms. The number of nitrogens with one attached hydrogen (secondary N) is 2. The fraction of sp³-hybridized carbons (Fsp3) is 0.708. The van der Waals surface area contributed by atoms with E-state index in [4.69, 9.17) is 4.99 Å². The smallest absolute Gasteiger partial charge is 0.191 e. The molecule has 5 nitrogen and oxygen atoms in total. The van der Waals surface area contributed by atoms with Crippen molar-refractivity contribution in [2.45, 2.75) is 83.2 Å². The molecule has 1 aliphatic carbocycles. The van der Waals surface area contributed by atoms with Crippen LogP contribution in [0.15, 0.2) is 29.3 Å². The van der Waals surface area contributed by atoms with Gasteiger partial charge in [-0.05, 0) is 63.2 Å². The van der Waals surface area contributed by atoms with Gasteiger partial charge in [-0.15, -0.1) is 24.0 Å². The molecule has 3 atom stereocenters. The Balaban J connectivity index is 0.00000341. The summed E-state index contributed by atoms with van der Waals surface area (Å²) in [4.78, 5) is 7.38. The molecule has 176 valence electrons. The number of benzene rings is 1. The third-order valence-electron chi connectivity index (χ3n) is 6.27. The molecule has 1 aliphatic heterocycles. The lowest BCUT2D eigenvalue weighted by Crippen LogP contribution is -2.46. The second kappa shape index (κ2) is 14.5. The Kier molecular flexibility index (Phi) is 12.4. The number of piperidine rings is 1. The van der Waals surface area contributed by atoms with E-state index in [1.54, 1.807) is 0 Å². The monoisotopic (exact) mass is 560 g/mol. The molecule has 0 amide bonds. The number of rotatable bonds is 8. The maximum atomic E-state index is 12.2. The van der Waals surface area contributed by atoms with Crippen LogP contribution in [-0.4, -0.2) is 51.7 Å². The minimum atomic E-state index is -0.695. The summed E-state index contributed by atoms with van der Waals surface area (Å²) in [5.41, 5.74) is 2.63. The molecule has 2 fully saturated rings. The third kappa shape index (κ3) is 9.00. The molecular formula is C24H41IN4OS. The maximum absolute atomic E-state index is 12.2. The van der Waals surface area contributed by atoms with E-state index in [1.807, 2.05) is 6.92 Å². The van der Waals surface area contributed by atoms with Crippen LogP contribution in [0, 0.1) is 0 Å². The second-order valence-corrected chi connectivity index (χ2v) is 10.7. The average Bonchev–Trinajstić information content (AvgIpc) is 2.79. The number of hydrogen-bond donors (Lipinski definition) is 2. The van der Waals surface area contributed by atoms with Crippen LogP contribution in [-0.2, 0) is 23.9 Å².